The average molecular weight is 321 g/mol. The van der Waals surface area contributed by atoms with Gasteiger partial charge >= 0.3 is 0 Å². The molecule has 0 aliphatic carbocycles. The molecular formula is C15H23N5OS. The van der Waals surface area contributed by atoms with E-state index in [1.807, 2.05) is 22.4 Å². The highest BCUT2D eigenvalue weighted by molar-refractivity contribution is 7.13. The molecule has 2 aromatic rings. The van der Waals surface area contributed by atoms with Gasteiger partial charge in [0.1, 0.15) is 6.54 Å². The molecular weight excluding hydrogens is 298 g/mol. The van der Waals surface area contributed by atoms with Crippen molar-refractivity contribution >= 4 is 17.2 Å². The van der Waals surface area contributed by atoms with Gasteiger partial charge in [-0.1, -0.05) is 33.8 Å². The molecule has 1 amide bonds. The quantitative estimate of drug-likeness (QED) is 0.786. The SMILES string of the molecule is CC(C)CN(CC(C)C)C(=O)Cn1nnc(-c2cccs2)n1. The van der Waals surface area contributed by atoms with Gasteiger partial charge in [0.25, 0.3) is 0 Å². The van der Waals surface area contributed by atoms with Gasteiger partial charge in [0.05, 0.1) is 4.88 Å². The lowest BCUT2D eigenvalue weighted by atomic mass is 10.1. The third kappa shape index (κ3) is 4.62. The molecule has 0 bridgehead atoms. The van der Waals surface area contributed by atoms with E-state index in [0.29, 0.717) is 17.7 Å². The Hall–Kier alpha value is -1.76. The van der Waals surface area contributed by atoms with E-state index in [9.17, 15) is 4.79 Å². The zero-order valence-corrected chi connectivity index (χ0v) is 14.4. The van der Waals surface area contributed by atoms with Crippen LogP contribution in [0.1, 0.15) is 27.7 Å². The number of aromatic nitrogens is 4. The Balaban J connectivity index is 2.03. The molecule has 0 saturated carbocycles. The van der Waals surface area contributed by atoms with E-state index in [2.05, 4.69) is 43.1 Å². The third-order valence-corrected chi connectivity index (χ3v) is 3.86. The summed E-state index contributed by atoms with van der Waals surface area (Å²) in [6.45, 7) is 10.1. The second-order valence-corrected chi connectivity index (χ2v) is 7.15. The third-order valence-electron chi connectivity index (χ3n) is 2.99. The van der Waals surface area contributed by atoms with Crippen molar-refractivity contribution in [3.63, 3.8) is 0 Å². The highest BCUT2D eigenvalue weighted by Gasteiger charge is 2.18. The summed E-state index contributed by atoms with van der Waals surface area (Å²) in [5.41, 5.74) is 0. The van der Waals surface area contributed by atoms with Gasteiger partial charge in [-0.15, -0.1) is 21.5 Å². The molecule has 0 radical (unpaired) electrons. The average Bonchev–Trinajstić information content (AvgIpc) is 3.06. The number of nitrogens with zero attached hydrogens (tertiary/aromatic N) is 5. The summed E-state index contributed by atoms with van der Waals surface area (Å²) in [6, 6.07) is 3.89. The van der Waals surface area contributed by atoms with Crippen LogP contribution < -0.4 is 0 Å². The second-order valence-electron chi connectivity index (χ2n) is 6.21. The van der Waals surface area contributed by atoms with Gasteiger partial charge in [-0.05, 0) is 28.5 Å². The standard InChI is InChI=1S/C15H23N5OS/c1-11(2)8-19(9-12(3)4)14(21)10-20-17-15(16-18-20)13-6-5-7-22-13/h5-7,11-12H,8-10H2,1-4H3. The monoisotopic (exact) mass is 321 g/mol. The molecule has 2 aromatic heterocycles. The zero-order valence-electron chi connectivity index (χ0n) is 13.6. The van der Waals surface area contributed by atoms with Crippen LogP contribution in [0.3, 0.4) is 0 Å². The predicted molar refractivity (Wildman–Crippen MR) is 87.4 cm³/mol. The van der Waals surface area contributed by atoms with Crippen molar-refractivity contribution in [1.29, 1.82) is 0 Å². The summed E-state index contributed by atoms with van der Waals surface area (Å²) in [4.78, 5) is 16.7. The number of hydrogen-bond donors (Lipinski definition) is 0. The van der Waals surface area contributed by atoms with E-state index in [0.717, 1.165) is 18.0 Å². The Morgan fingerprint density at radius 3 is 2.50 bits per heavy atom. The van der Waals surface area contributed by atoms with E-state index in [-0.39, 0.29) is 12.5 Å². The number of tetrazole rings is 1. The molecule has 0 aliphatic rings. The molecule has 7 heteroatoms. The van der Waals surface area contributed by atoms with Crippen molar-refractivity contribution in [2.75, 3.05) is 13.1 Å². The molecule has 2 heterocycles. The summed E-state index contributed by atoms with van der Waals surface area (Å²) in [5.74, 6) is 1.49. The molecule has 0 N–H and O–H groups in total. The first kappa shape index (κ1) is 16.6. The fourth-order valence-corrected chi connectivity index (χ4v) is 2.84. The first-order chi connectivity index (χ1) is 10.5. The predicted octanol–water partition coefficient (Wildman–Crippen LogP) is 2.54. The van der Waals surface area contributed by atoms with Crippen LogP contribution in [0, 0.1) is 11.8 Å². The van der Waals surface area contributed by atoms with Crippen LogP contribution in [0.25, 0.3) is 10.7 Å². The molecule has 2 rings (SSSR count). The lowest BCUT2D eigenvalue weighted by Gasteiger charge is -2.26. The van der Waals surface area contributed by atoms with Gasteiger partial charge in [0, 0.05) is 13.1 Å². The summed E-state index contributed by atoms with van der Waals surface area (Å²) in [6.07, 6.45) is 0. The Morgan fingerprint density at radius 2 is 1.95 bits per heavy atom. The van der Waals surface area contributed by atoms with Crippen molar-refractivity contribution in [1.82, 2.24) is 25.1 Å². The van der Waals surface area contributed by atoms with Gasteiger partial charge in [-0.3, -0.25) is 4.79 Å². The number of amides is 1. The first-order valence-electron chi connectivity index (χ1n) is 7.55. The molecule has 0 unspecified atom stereocenters. The fraction of sp³-hybridized carbons (Fsp3) is 0.600. The number of carbonyl (C=O) groups is 1. The second kappa shape index (κ2) is 7.49. The fourth-order valence-electron chi connectivity index (χ4n) is 2.20. The summed E-state index contributed by atoms with van der Waals surface area (Å²) < 4.78 is 0. The number of thiophene rings is 1. The molecule has 0 aromatic carbocycles. The van der Waals surface area contributed by atoms with Crippen LogP contribution >= 0.6 is 11.3 Å². The summed E-state index contributed by atoms with van der Waals surface area (Å²) >= 11 is 1.56. The maximum Gasteiger partial charge on any atom is 0.246 e. The number of rotatable bonds is 7. The Kier molecular flexibility index (Phi) is 5.65. The van der Waals surface area contributed by atoms with Gasteiger partial charge in [-0.2, -0.15) is 4.80 Å². The van der Waals surface area contributed by atoms with Gasteiger partial charge in [0.2, 0.25) is 11.7 Å². The lowest BCUT2D eigenvalue weighted by Crippen LogP contribution is -2.39. The number of carbonyl (C=O) groups excluding carboxylic acids is 1. The van der Waals surface area contributed by atoms with E-state index in [1.165, 1.54) is 4.80 Å². The normalized spacial score (nSPS) is 11.4. The molecule has 0 atom stereocenters. The molecule has 0 fully saturated rings. The topological polar surface area (TPSA) is 63.9 Å². The minimum Gasteiger partial charge on any atom is -0.341 e. The number of hydrogen-bond acceptors (Lipinski definition) is 5. The van der Waals surface area contributed by atoms with Crippen LogP contribution in [-0.2, 0) is 11.3 Å². The smallest absolute Gasteiger partial charge is 0.246 e. The summed E-state index contributed by atoms with van der Waals surface area (Å²) in [7, 11) is 0. The van der Waals surface area contributed by atoms with Crippen molar-refractivity contribution in [2.45, 2.75) is 34.2 Å². The van der Waals surface area contributed by atoms with Crippen molar-refractivity contribution in [3.05, 3.63) is 17.5 Å². The molecule has 0 saturated heterocycles. The summed E-state index contributed by atoms with van der Waals surface area (Å²) in [5, 5.41) is 14.3. The maximum atomic E-state index is 12.5. The largest absolute Gasteiger partial charge is 0.341 e. The first-order valence-corrected chi connectivity index (χ1v) is 8.43. The molecule has 0 spiro atoms. The van der Waals surface area contributed by atoms with E-state index < -0.39 is 0 Å². The van der Waals surface area contributed by atoms with Crippen LogP contribution in [0.5, 0.6) is 0 Å². The Bertz CT molecular complexity index is 581. The van der Waals surface area contributed by atoms with Gasteiger partial charge < -0.3 is 4.90 Å². The minimum atomic E-state index is 0.0394. The maximum absolute atomic E-state index is 12.5. The van der Waals surface area contributed by atoms with Crippen LogP contribution in [-0.4, -0.2) is 44.1 Å². The minimum absolute atomic E-state index is 0.0394. The van der Waals surface area contributed by atoms with Crippen LogP contribution in [0.15, 0.2) is 17.5 Å². The van der Waals surface area contributed by atoms with Crippen molar-refractivity contribution in [2.24, 2.45) is 11.8 Å². The van der Waals surface area contributed by atoms with Gasteiger partial charge in [-0.25, -0.2) is 0 Å². The van der Waals surface area contributed by atoms with Crippen LogP contribution in [0.4, 0.5) is 0 Å². The molecule has 120 valence electrons. The van der Waals surface area contributed by atoms with E-state index in [1.54, 1.807) is 11.3 Å². The molecule has 0 aliphatic heterocycles. The van der Waals surface area contributed by atoms with Gasteiger partial charge in [0.15, 0.2) is 0 Å². The zero-order chi connectivity index (χ0) is 16.1. The Morgan fingerprint density at radius 1 is 1.27 bits per heavy atom. The van der Waals surface area contributed by atoms with E-state index >= 15 is 0 Å². The lowest BCUT2D eigenvalue weighted by molar-refractivity contribution is -0.133. The highest BCUT2D eigenvalue weighted by atomic mass is 32.1. The molecule has 6 nitrogen and oxygen atoms in total. The molecule has 22 heavy (non-hydrogen) atoms. The van der Waals surface area contributed by atoms with Crippen molar-refractivity contribution in [3.8, 4) is 10.7 Å². The Labute approximate surface area is 135 Å². The van der Waals surface area contributed by atoms with Crippen LogP contribution in [0.2, 0.25) is 0 Å². The highest BCUT2D eigenvalue weighted by Crippen LogP contribution is 2.19. The van der Waals surface area contributed by atoms with Crippen molar-refractivity contribution < 1.29 is 4.79 Å². The van der Waals surface area contributed by atoms with E-state index in [4.69, 9.17) is 0 Å².